The van der Waals surface area contributed by atoms with Gasteiger partial charge in [0, 0.05) is 24.0 Å². The van der Waals surface area contributed by atoms with Gasteiger partial charge in [0.15, 0.2) is 5.82 Å². The number of aliphatic carboxylic acids is 1. The molecule has 1 aromatic carbocycles. The van der Waals surface area contributed by atoms with E-state index in [2.05, 4.69) is 41.2 Å². The third-order valence-electron chi connectivity index (χ3n) is 7.75. The Labute approximate surface area is 218 Å². The van der Waals surface area contributed by atoms with Gasteiger partial charge in [-0.05, 0) is 74.3 Å². The number of hydrogen-bond acceptors (Lipinski definition) is 3. The average molecular weight is 491 g/mol. The summed E-state index contributed by atoms with van der Waals surface area (Å²) in [4.78, 5) is 19.7. The molecule has 0 saturated heterocycles. The molecule has 196 valence electrons. The number of allylic oxidation sites excluding steroid dienone is 1. The van der Waals surface area contributed by atoms with Crippen molar-refractivity contribution in [1.82, 2.24) is 9.97 Å². The van der Waals surface area contributed by atoms with E-state index in [0.29, 0.717) is 5.92 Å². The third kappa shape index (κ3) is 10.2. The molecule has 1 aromatic heterocycles. The second-order valence-corrected chi connectivity index (χ2v) is 10.7. The standard InChI is InChI=1S/C32H46N2O2/c1-2-3-10-14-27-24-33-32(34-25-27)30-22-20-29(21-23-30)28-18-16-26(17-19-28)13-11-8-6-4-5-7-9-12-15-31(35)36/h12,15,20-26,28H,2-11,13-14,16-19H2,1H3,(H,35,36)/b15-12+. The van der Waals surface area contributed by atoms with Crippen LogP contribution in [0, 0.1) is 5.92 Å². The maximum absolute atomic E-state index is 10.4. The maximum atomic E-state index is 10.4. The number of carboxylic acid groups (broad SMARTS) is 1. The number of carboxylic acids is 1. The van der Waals surface area contributed by atoms with E-state index in [0.717, 1.165) is 36.6 Å². The van der Waals surface area contributed by atoms with Crippen molar-refractivity contribution in [2.75, 3.05) is 0 Å². The van der Waals surface area contributed by atoms with Gasteiger partial charge in [0.2, 0.25) is 0 Å². The molecular formula is C32H46N2O2. The molecule has 0 bridgehead atoms. The van der Waals surface area contributed by atoms with Gasteiger partial charge in [-0.3, -0.25) is 0 Å². The second-order valence-electron chi connectivity index (χ2n) is 10.7. The monoisotopic (exact) mass is 490 g/mol. The van der Waals surface area contributed by atoms with Crippen molar-refractivity contribution < 1.29 is 9.90 Å². The number of hydrogen-bond donors (Lipinski definition) is 1. The Morgan fingerprint density at radius 2 is 1.56 bits per heavy atom. The van der Waals surface area contributed by atoms with Crippen molar-refractivity contribution in [2.45, 2.75) is 116 Å². The van der Waals surface area contributed by atoms with E-state index in [1.807, 2.05) is 12.4 Å². The smallest absolute Gasteiger partial charge is 0.327 e. The Balaban J connectivity index is 1.29. The van der Waals surface area contributed by atoms with E-state index in [1.165, 1.54) is 101 Å². The fourth-order valence-corrected chi connectivity index (χ4v) is 5.49. The van der Waals surface area contributed by atoms with Gasteiger partial charge >= 0.3 is 5.97 Å². The summed E-state index contributed by atoms with van der Waals surface area (Å²) in [5, 5.41) is 8.58. The van der Waals surface area contributed by atoms with Gasteiger partial charge < -0.3 is 5.11 Å². The van der Waals surface area contributed by atoms with E-state index in [-0.39, 0.29) is 0 Å². The molecule has 0 amide bonds. The molecule has 0 radical (unpaired) electrons. The summed E-state index contributed by atoms with van der Waals surface area (Å²) in [5.41, 5.74) is 3.83. The van der Waals surface area contributed by atoms with Gasteiger partial charge in [0.25, 0.3) is 0 Å². The van der Waals surface area contributed by atoms with E-state index in [9.17, 15) is 4.79 Å². The zero-order chi connectivity index (χ0) is 25.4. The SMILES string of the molecule is CCCCCc1cnc(-c2ccc(C3CCC(CCCCCCCC/C=C/C(=O)O)CC3)cc2)nc1. The first-order chi connectivity index (χ1) is 17.7. The molecule has 0 aliphatic heterocycles. The zero-order valence-corrected chi connectivity index (χ0v) is 22.3. The van der Waals surface area contributed by atoms with Crippen LogP contribution in [0.2, 0.25) is 0 Å². The summed E-state index contributed by atoms with van der Waals surface area (Å²) in [5.74, 6) is 1.60. The summed E-state index contributed by atoms with van der Waals surface area (Å²) in [7, 11) is 0. The van der Waals surface area contributed by atoms with Crippen LogP contribution >= 0.6 is 0 Å². The van der Waals surface area contributed by atoms with Crippen LogP contribution in [-0.2, 0) is 11.2 Å². The topological polar surface area (TPSA) is 63.1 Å². The van der Waals surface area contributed by atoms with E-state index in [4.69, 9.17) is 5.11 Å². The Morgan fingerprint density at radius 1 is 0.889 bits per heavy atom. The predicted octanol–water partition coefficient (Wildman–Crippen LogP) is 8.91. The minimum atomic E-state index is -0.841. The number of rotatable bonds is 16. The van der Waals surface area contributed by atoms with Crippen molar-refractivity contribution in [3.8, 4) is 11.4 Å². The molecule has 1 heterocycles. The summed E-state index contributed by atoms with van der Waals surface area (Å²) >= 11 is 0. The van der Waals surface area contributed by atoms with Gasteiger partial charge in [-0.1, -0.05) is 88.6 Å². The van der Waals surface area contributed by atoms with Crippen LogP contribution in [0.25, 0.3) is 11.4 Å². The van der Waals surface area contributed by atoms with Crippen LogP contribution in [0.3, 0.4) is 0 Å². The number of aryl methyl sites for hydroxylation is 1. The third-order valence-corrected chi connectivity index (χ3v) is 7.75. The summed E-state index contributed by atoms with van der Waals surface area (Å²) in [6.07, 6.45) is 27.1. The van der Waals surface area contributed by atoms with Gasteiger partial charge in [0.05, 0.1) is 0 Å². The largest absolute Gasteiger partial charge is 0.478 e. The Morgan fingerprint density at radius 3 is 2.22 bits per heavy atom. The quantitative estimate of drug-likeness (QED) is 0.188. The van der Waals surface area contributed by atoms with Crippen LogP contribution in [-0.4, -0.2) is 21.0 Å². The Bertz CT molecular complexity index is 897. The highest BCUT2D eigenvalue weighted by atomic mass is 16.4. The number of benzene rings is 1. The first-order valence-corrected chi connectivity index (χ1v) is 14.5. The lowest BCUT2D eigenvalue weighted by molar-refractivity contribution is -0.131. The lowest BCUT2D eigenvalue weighted by Gasteiger charge is -2.29. The Hall–Kier alpha value is -2.49. The lowest BCUT2D eigenvalue weighted by atomic mass is 9.77. The fraction of sp³-hybridized carbons (Fsp3) is 0.594. The first-order valence-electron chi connectivity index (χ1n) is 14.5. The van der Waals surface area contributed by atoms with Crippen molar-refractivity contribution in [3.05, 3.63) is 59.9 Å². The molecule has 2 aromatic rings. The molecule has 3 rings (SSSR count). The van der Waals surface area contributed by atoms with Gasteiger partial charge in [-0.2, -0.15) is 0 Å². The molecule has 1 fully saturated rings. The molecule has 36 heavy (non-hydrogen) atoms. The van der Waals surface area contributed by atoms with E-state index < -0.39 is 5.97 Å². The number of carbonyl (C=O) groups is 1. The number of unbranched alkanes of at least 4 members (excludes halogenated alkanes) is 8. The molecule has 0 atom stereocenters. The lowest BCUT2D eigenvalue weighted by Crippen LogP contribution is -2.13. The van der Waals surface area contributed by atoms with Crippen molar-refractivity contribution >= 4 is 5.97 Å². The molecule has 1 N–H and O–H groups in total. The van der Waals surface area contributed by atoms with Crippen LogP contribution in [0.4, 0.5) is 0 Å². The normalized spacial score (nSPS) is 18.0. The molecular weight excluding hydrogens is 444 g/mol. The minimum Gasteiger partial charge on any atom is -0.478 e. The Kier molecular flexibility index (Phi) is 12.7. The fourth-order valence-electron chi connectivity index (χ4n) is 5.49. The van der Waals surface area contributed by atoms with Crippen LogP contribution < -0.4 is 0 Å². The van der Waals surface area contributed by atoms with E-state index >= 15 is 0 Å². The summed E-state index contributed by atoms with van der Waals surface area (Å²) < 4.78 is 0. The van der Waals surface area contributed by atoms with Gasteiger partial charge in [0.1, 0.15) is 0 Å². The maximum Gasteiger partial charge on any atom is 0.327 e. The number of nitrogens with zero attached hydrogens (tertiary/aromatic N) is 2. The number of aromatic nitrogens is 2. The highest BCUT2D eigenvalue weighted by molar-refractivity contribution is 5.79. The summed E-state index contributed by atoms with van der Waals surface area (Å²) in [6.45, 7) is 2.23. The highest BCUT2D eigenvalue weighted by Gasteiger charge is 2.22. The molecule has 1 saturated carbocycles. The van der Waals surface area contributed by atoms with Crippen molar-refractivity contribution in [2.24, 2.45) is 5.92 Å². The van der Waals surface area contributed by atoms with Gasteiger partial charge in [-0.25, -0.2) is 14.8 Å². The van der Waals surface area contributed by atoms with Crippen LogP contribution in [0.1, 0.15) is 120 Å². The minimum absolute atomic E-state index is 0.701. The molecule has 4 heteroatoms. The van der Waals surface area contributed by atoms with Gasteiger partial charge in [-0.15, -0.1) is 0 Å². The summed E-state index contributed by atoms with van der Waals surface area (Å²) in [6, 6.07) is 9.01. The molecule has 0 spiro atoms. The highest BCUT2D eigenvalue weighted by Crippen LogP contribution is 2.38. The van der Waals surface area contributed by atoms with Crippen molar-refractivity contribution in [3.63, 3.8) is 0 Å². The van der Waals surface area contributed by atoms with Crippen molar-refractivity contribution in [1.29, 1.82) is 0 Å². The predicted molar refractivity (Wildman–Crippen MR) is 149 cm³/mol. The average Bonchev–Trinajstić information content (AvgIpc) is 2.91. The molecule has 1 aliphatic rings. The zero-order valence-electron chi connectivity index (χ0n) is 22.3. The second kappa shape index (κ2) is 16.3. The molecule has 1 aliphatic carbocycles. The van der Waals surface area contributed by atoms with E-state index in [1.54, 1.807) is 6.08 Å². The van der Waals surface area contributed by atoms with Crippen LogP contribution in [0.5, 0.6) is 0 Å². The first kappa shape index (κ1) is 28.1. The van der Waals surface area contributed by atoms with Crippen LogP contribution in [0.15, 0.2) is 48.8 Å². The molecule has 0 unspecified atom stereocenters. The molecule has 4 nitrogen and oxygen atoms in total.